The molecule has 1 aliphatic carbocycles. The van der Waals surface area contributed by atoms with Gasteiger partial charge in [0.25, 0.3) is 21.0 Å². The SMILES string of the molecule is CCCOc1c2cc(C(=O)Cl)cc1Cc1cc(C(=O)Cl)cc(c1OCCC)Cc1cc(C(=O)Cl)cc(c1OCCC)Cc1cc(C(=O)Cl)cc(c1OCCC)C2. The molecule has 0 fully saturated rings. The fraction of sp³-hybridized carbons (Fsp3) is 0.364. The predicted molar refractivity (Wildman–Crippen MR) is 221 cm³/mol. The van der Waals surface area contributed by atoms with E-state index in [9.17, 15) is 19.2 Å². The van der Waals surface area contributed by atoms with Crippen LogP contribution in [0.3, 0.4) is 0 Å². The van der Waals surface area contributed by atoms with Gasteiger partial charge in [0.15, 0.2) is 0 Å². The van der Waals surface area contributed by atoms with Crippen molar-refractivity contribution < 1.29 is 38.1 Å². The molecule has 0 saturated carbocycles. The maximum atomic E-state index is 12.9. The Balaban J connectivity index is 1.97. The van der Waals surface area contributed by atoms with Gasteiger partial charge >= 0.3 is 0 Å². The van der Waals surface area contributed by atoms with E-state index in [2.05, 4.69) is 0 Å². The van der Waals surface area contributed by atoms with Gasteiger partial charge in [0.05, 0.1) is 26.4 Å². The normalized spacial score (nSPS) is 12.1. The molecule has 0 radical (unpaired) electrons. The van der Waals surface area contributed by atoms with E-state index < -0.39 is 21.0 Å². The summed E-state index contributed by atoms with van der Waals surface area (Å²) in [6.07, 6.45) is 3.40. The molecule has 0 spiro atoms. The quantitative estimate of drug-likeness (QED) is 0.0905. The summed E-state index contributed by atoms with van der Waals surface area (Å²) >= 11 is 24.8. The van der Waals surface area contributed by atoms with Crippen LogP contribution in [0.4, 0.5) is 0 Å². The molecular weight excluding hydrogens is 798 g/mol. The van der Waals surface area contributed by atoms with Crippen LogP contribution in [0.25, 0.3) is 0 Å². The van der Waals surface area contributed by atoms with E-state index in [0.717, 1.165) is 0 Å². The average molecular weight is 843 g/mol. The highest BCUT2D eigenvalue weighted by atomic mass is 35.5. The van der Waals surface area contributed by atoms with Gasteiger partial charge in [-0.15, -0.1) is 0 Å². The molecule has 12 heteroatoms. The first kappa shape index (κ1) is 43.1. The zero-order valence-electron chi connectivity index (χ0n) is 31.9. The number of hydrogen-bond donors (Lipinski definition) is 0. The van der Waals surface area contributed by atoms with E-state index in [1.54, 1.807) is 48.5 Å². The average Bonchev–Trinajstić information content (AvgIpc) is 3.15. The number of benzene rings is 4. The summed E-state index contributed by atoms with van der Waals surface area (Å²) in [6, 6.07) is 13.5. The van der Waals surface area contributed by atoms with Crippen molar-refractivity contribution in [2.75, 3.05) is 26.4 Å². The summed E-state index contributed by atoms with van der Waals surface area (Å²) in [7, 11) is 0. The second-order valence-corrected chi connectivity index (χ2v) is 15.1. The Hall–Kier alpha value is -4.08. The van der Waals surface area contributed by atoms with E-state index in [1.165, 1.54) is 0 Å². The summed E-state index contributed by atoms with van der Waals surface area (Å²) in [5, 5.41) is -2.70. The second-order valence-electron chi connectivity index (χ2n) is 13.7. The zero-order chi connectivity index (χ0) is 40.5. The standard InChI is InChI=1S/C44H44Cl4O8/c1-5-9-53-37-25-13-27-19-34(42(46)50)21-29(38(27)54-10-6-2)15-31-23-36(44(48)52)24-32(40(31)56-12-8-4)16-30-22-35(43(47)51)20-28(39(30)55-11-7-3)14-26(37)18-33(17-25)41(45)49/h17-24H,5-16H2,1-4H3. The molecule has 4 aromatic rings. The highest BCUT2D eigenvalue weighted by Crippen LogP contribution is 2.41. The minimum absolute atomic E-state index is 0.156. The van der Waals surface area contributed by atoms with Crippen LogP contribution in [0.1, 0.15) is 139 Å². The topological polar surface area (TPSA) is 105 Å². The minimum Gasteiger partial charge on any atom is -0.493 e. The number of hydrogen-bond acceptors (Lipinski definition) is 8. The molecule has 0 aromatic heterocycles. The third kappa shape index (κ3) is 10.3. The minimum atomic E-state index is -0.674. The van der Waals surface area contributed by atoms with Gasteiger partial charge in [-0.1, -0.05) is 27.7 Å². The number of carbonyl (C=O) groups excluding carboxylic acids is 4. The van der Waals surface area contributed by atoms with Crippen LogP contribution in [-0.2, 0) is 25.7 Å². The molecule has 296 valence electrons. The summed E-state index contributed by atoms with van der Waals surface area (Å²) < 4.78 is 25.9. The highest BCUT2D eigenvalue weighted by Gasteiger charge is 2.26. The summed E-state index contributed by atoms with van der Waals surface area (Å²) in [6.45, 7) is 9.40. The van der Waals surface area contributed by atoms with Gasteiger partial charge in [-0.2, -0.15) is 0 Å². The van der Waals surface area contributed by atoms with Crippen LogP contribution in [0.5, 0.6) is 23.0 Å². The van der Waals surface area contributed by atoms with Gasteiger partial charge in [0.1, 0.15) is 23.0 Å². The fourth-order valence-corrected chi connectivity index (χ4v) is 7.34. The molecular formula is C44H44Cl4O8. The Labute approximate surface area is 347 Å². The van der Waals surface area contributed by atoms with Gasteiger partial charge < -0.3 is 18.9 Å². The first-order chi connectivity index (χ1) is 26.9. The maximum Gasteiger partial charge on any atom is 0.252 e. The molecule has 0 N–H and O–H groups in total. The number of fused-ring (bicyclic) bond motifs is 8. The van der Waals surface area contributed by atoms with Crippen molar-refractivity contribution in [2.24, 2.45) is 0 Å². The van der Waals surface area contributed by atoms with E-state index >= 15 is 0 Å². The molecule has 8 bridgehead atoms. The Morgan fingerprint density at radius 1 is 0.375 bits per heavy atom. The molecule has 1 aliphatic rings. The molecule has 0 unspecified atom stereocenters. The van der Waals surface area contributed by atoms with E-state index in [-0.39, 0.29) is 47.9 Å². The molecule has 56 heavy (non-hydrogen) atoms. The Morgan fingerprint density at radius 3 is 0.661 bits per heavy atom. The van der Waals surface area contributed by atoms with Crippen molar-refractivity contribution in [3.63, 3.8) is 0 Å². The lowest BCUT2D eigenvalue weighted by molar-refractivity contribution is 0.107. The van der Waals surface area contributed by atoms with E-state index in [0.29, 0.717) is 120 Å². The first-order valence-corrected chi connectivity index (χ1v) is 20.3. The van der Waals surface area contributed by atoms with Crippen LogP contribution < -0.4 is 18.9 Å². The monoisotopic (exact) mass is 840 g/mol. The second kappa shape index (κ2) is 19.9. The summed E-state index contributed by atoms with van der Waals surface area (Å²) in [5.41, 5.74) is 5.84. The largest absolute Gasteiger partial charge is 0.493 e. The van der Waals surface area contributed by atoms with Gasteiger partial charge in [0, 0.05) is 47.9 Å². The van der Waals surface area contributed by atoms with Crippen LogP contribution in [0.15, 0.2) is 48.5 Å². The van der Waals surface area contributed by atoms with Crippen LogP contribution in [0.2, 0.25) is 0 Å². The van der Waals surface area contributed by atoms with Crippen molar-refractivity contribution in [3.8, 4) is 23.0 Å². The lowest BCUT2D eigenvalue weighted by Crippen LogP contribution is -2.12. The Kier molecular flexibility index (Phi) is 15.3. The van der Waals surface area contributed by atoms with Crippen LogP contribution >= 0.6 is 46.4 Å². The number of carbonyl (C=O) groups is 4. The van der Waals surface area contributed by atoms with Crippen molar-refractivity contribution in [1.29, 1.82) is 0 Å². The van der Waals surface area contributed by atoms with Crippen LogP contribution in [0, 0.1) is 0 Å². The zero-order valence-corrected chi connectivity index (χ0v) is 34.9. The lowest BCUT2D eigenvalue weighted by atomic mass is 9.88. The number of rotatable bonds is 16. The third-order valence-corrected chi connectivity index (χ3v) is 10.1. The van der Waals surface area contributed by atoms with E-state index in [1.807, 2.05) is 27.7 Å². The molecule has 0 aliphatic heterocycles. The van der Waals surface area contributed by atoms with Gasteiger partial charge in [-0.3, -0.25) is 19.2 Å². The van der Waals surface area contributed by atoms with Crippen molar-refractivity contribution in [1.82, 2.24) is 0 Å². The molecule has 5 rings (SSSR count). The Morgan fingerprint density at radius 2 is 0.536 bits per heavy atom. The Bertz CT molecular complexity index is 1750. The molecule has 4 aromatic carbocycles. The molecule has 0 saturated heterocycles. The molecule has 8 nitrogen and oxygen atoms in total. The van der Waals surface area contributed by atoms with Crippen LogP contribution in [-0.4, -0.2) is 47.4 Å². The number of halogens is 4. The van der Waals surface area contributed by atoms with E-state index in [4.69, 9.17) is 65.4 Å². The molecule has 0 amide bonds. The lowest BCUT2D eigenvalue weighted by Gasteiger charge is -2.24. The smallest absolute Gasteiger partial charge is 0.252 e. The van der Waals surface area contributed by atoms with Crippen molar-refractivity contribution in [3.05, 3.63) is 115 Å². The predicted octanol–water partition coefficient (Wildman–Crippen LogP) is 11.0. The third-order valence-electron chi connectivity index (χ3n) is 9.20. The molecule has 0 atom stereocenters. The van der Waals surface area contributed by atoms with Gasteiger partial charge in [0.2, 0.25) is 0 Å². The highest BCUT2D eigenvalue weighted by molar-refractivity contribution is 6.68. The fourth-order valence-electron chi connectivity index (χ4n) is 6.90. The van der Waals surface area contributed by atoms with Crippen molar-refractivity contribution >= 4 is 67.4 Å². The first-order valence-electron chi connectivity index (χ1n) is 18.8. The van der Waals surface area contributed by atoms with Crippen molar-refractivity contribution in [2.45, 2.75) is 79.1 Å². The van der Waals surface area contributed by atoms with Gasteiger partial charge in [-0.25, -0.2) is 0 Å². The summed E-state index contributed by atoms with van der Waals surface area (Å²) in [4.78, 5) is 51.6. The number of ether oxygens (including phenoxy) is 4. The summed E-state index contributed by atoms with van der Waals surface area (Å²) in [5.74, 6) is 2.06. The maximum absolute atomic E-state index is 12.9. The molecule has 0 heterocycles. The van der Waals surface area contributed by atoms with Gasteiger partial charge in [-0.05, 0) is 165 Å².